The molecular weight excluding hydrogens is 310 g/mol. The predicted molar refractivity (Wildman–Crippen MR) is 93.3 cm³/mol. The van der Waals surface area contributed by atoms with Gasteiger partial charge in [-0.1, -0.05) is 0 Å². The first kappa shape index (κ1) is 16.9. The number of hydrogen-bond acceptors (Lipinski definition) is 5. The number of piperazine rings is 1. The van der Waals surface area contributed by atoms with Crippen LogP contribution in [-0.2, 0) is 17.6 Å². The average molecular weight is 337 g/mol. The Kier molecular flexibility index (Phi) is 5.36. The molecule has 0 bridgehead atoms. The Morgan fingerprint density at radius 2 is 2.17 bits per heavy atom. The summed E-state index contributed by atoms with van der Waals surface area (Å²) in [6.45, 7) is 4.56. The molecule has 2 unspecified atom stereocenters. The van der Waals surface area contributed by atoms with Crippen LogP contribution in [-0.4, -0.2) is 67.2 Å². The number of rotatable bonds is 5. The number of nitrogens with one attached hydrogen (secondary N) is 1. The van der Waals surface area contributed by atoms with Crippen LogP contribution in [0.1, 0.15) is 34.2 Å². The number of thiophene rings is 1. The van der Waals surface area contributed by atoms with E-state index < -0.39 is 12.0 Å². The fourth-order valence-electron chi connectivity index (χ4n) is 3.72. The van der Waals surface area contributed by atoms with Crippen LogP contribution < -0.4 is 5.32 Å². The summed E-state index contributed by atoms with van der Waals surface area (Å²) >= 11 is 1.82. The highest BCUT2D eigenvalue weighted by molar-refractivity contribution is 7.12. The van der Waals surface area contributed by atoms with Crippen molar-refractivity contribution in [3.05, 3.63) is 21.4 Å². The molecule has 2 heterocycles. The highest BCUT2D eigenvalue weighted by Crippen LogP contribution is 2.39. The summed E-state index contributed by atoms with van der Waals surface area (Å²) in [5.41, 5.74) is 1.47. The number of fused-ring (bicyclic) bond motifs is 1. The first-order chi connectivity index (χ1) is 11.1. The van der Waals surface area contributed by atoms with Crippen molar-refractivity contribution in [2.75, 3.05) is 40.3 Å². The summed E-state index contributed by atoms with van der Waals surface area (Å²) in [5, 5.41) is 12.1. The summed E-state index contributed by atoms with van der Waals surface area (Å²) in [6, 6.07) is 2.34. The first-order valence-corrected chi connectivity index (χ1v) is 9.34. The Balaban J connectivity index is 1.75. The lowest BCUT2D eigenvalue weighted by Gasteiger charge is -2.39. The van der Waals surface area contributed by atoms with Crippen molar-refractivity contribution >= 4 is 17.3 Å². The Bertz CT molecular complexity index is 552. The third-order valence-corrected chi connectivity index (χ3v) is 6.40. The zero-order valence-corrected chi connectivity index (χ0v) is 14.9. The average Bonchev–Trinajstić information content (AvgIpc) is 2.95. The molecule has 0 saturated carbocycles. The van der Waals surface area contributed by atoms with Gasteiger partial charge in [0.05, 0.1) is 0 Å². The molecule has 6 heteroatoms. The minimum atomic E-state index is -0.769. The van der Waals surface area contributed by atoms with Gasteiger partial charge in [0.25, 0.3) is 0 Å². The molecule has 23 heavy (non-hydrogen) atoms. The van der Waals surface area contributed by atoms with E-state index in [4.69, 9.17) is 0 Å². The lowest BCUT2D eigenvalue weighted by atomic mass is 9.91. The number of likely N-dealkylation sites (N-methyl/N-ethyl adjacent to an activating group) is 2. The van der Waals surface area contributed by atoms with Gasteiger partial charge >= 0.3 is 5.97 Å². The van der Waals surface area contributed by atoms with Gasteiger partial charge in [0, 0.05) is 48.4 Å². The summed E-state index contributed by atoms with van der Waals surface area (Å²) in [7, 11) is 3.91. The smallest absolute Gasteiger partial charge is 0.321 e. The maximum Gasteiger partial charge on any atom is 0.321 e. The number of carbonyl (C=O) groups is 1. The van der Waals surface area contributed by atoms with Gasteiger partial charge in [0.2, 0.25) is 0 Å². The number of hydrogen-bond donors (Lipinski definition) is 2. The van der Waals surface area contributed by atoms with Gasteiger partial charge in [0.15, 0.2) is 0 Å². The molecule has 1 saturated heterocycles. The molecule has 1 aliphatic heterocycles. The molecule has 1 aliphatic carbocycles. The van der Waals surface area contributed by atoms with Crippen LogP contribution in [0.25, 0.3) is 0 Å². The van der Waals surface area contributed by atoms with Crippen molar-refractivity contribution in [1.29, 1.82) is 0 Å². The van der Waals surface area contributed by atoms with E-state index in [0.717, 1.165) is 32.6 Å². The van der Waals surface area contributed by atoms with E-state index in [-0.39, 0.29) is 0 Å². The fraction of sp³-hybridized carbons (Fsp3) is 0.706. The Labute approximate surface area is 142 Å². The molecule has 3 rings (SSSR count). The van der Waals surface area contributed by atoms with Crippen LogP contribution in [0.3, 0.4) is 0 Å². The molecule has 1 fully saturated rings. The topological polar surface area (TPSA) is 55.8 Å². The molecule has 1 aromatic heterocycles. The van der Waals surface area contributed by atoms with Crippen molar-refractivity contribution in [3.8, 4) is 0 Å². The number of carboxylic acids is 1. The molecule has 0 radical (unpaired) electrons. The highest BCUT2D eigenvalue weighted by Gasteiger charge is 2.30. The van der Waals surface area contributed by atoms with Gasteiger partial charge in [-0.15, -0.1) is 11.3 Å². The monoisotopic (exact) mass is 337 g/mol. The molecule has 2 atom stereocenters. The zero-order chi connectivity index (χ0) is 16.4. The standard InChI is InChI=1S/C17H27N3O2S/c1-18-14(17(21)22)11-12-10-13-15(4-3-5-16(13)23-12)20-8-6-19(2)7-9-20/h10,14-15,18H,3-9,11H2,1-2H3,(H,21,22). The fourth-order valence-corrected chi connectivity index (χ4v) is 5.03. The lowest BCUT2D eigenvalue weighted by Crippen LogP contribution is -2.46. The first-order valence-electron chi connectivity index (χ1n) is 8.52. The molecule has 2 aliphatic rings. The molecule has 128 valence electrons. The van der Waals surface area contributed by atoms with Crippen molar-refractivity contribution in [2.24, 2.45) is 0 Å². The van der Waals surface area contributed by atoms with Crippen molar-refractivity contribution in [2.45, 2.75) is 37.8 Å². The summed E-state index contributed by atoms with van der Waals surface area (Å²) in [6.07, 6.45) is 4.22. The van der Waals surface area contributed by atoms with E-state index in [0.29, 0.717) is 12.5 Å². The summed E-state index contributed by atoms with van der Waals surface area (Å²) in [4.78, 5) is 19.0. The SMILES string of the molecule is CNC(Cc1cc2c(s1)CCCC2N1CCN(C)CC1)C(=O)O. The van der Waals surface area contributed by atoms with Crippen LogP contribution in [0.15, 0.2) is 6.07 Å². The van der Waals surface area contributed by atoms with Gasteiger partial charge in [-0.05, 0) is 45.0 Å². The van der Waals surface area contributed by atoms with Crippen molar-refractivity contribution in [1.82, 2.24) is 15.1 Å². The second kappa shape index (κ2) is 7.30. The molecule has 1 aromatic rings. The van der Waals surface area contributed by atoms with E-state index in [1.165, 1.54) is 28.2 Å². The molecule has 2 N–H and O–H groups in total. The molecule has 0 aromatic carbocycles. The van der Waals surface area contributed by atoms with Crippen molar-refractivity contribution < 1.29 is 9.90 Å². The molecule has 5 nitrogen and oxygen atoms in total. The van der Waals surface area contributed by atoms with Crippen LogP contribution in [0.4, 0.5) is 0 Å². The normalized spacial score (nSPS) is 24.3. The number of aliphatic carboxylic acids is 1. The third kappa shape index (κ3) is 3.76. The van der Waals surface area contributed by atoms with Gasteiger partial charge < -0.3 is 15.3 Å². The maximum absolute atomic E-state index is 11.2. The van der Waals surface area contributed by atoms with Crippen LogP contribution >= 0.6 is 11.3 Å². The number of carboxylic acid groups (broad SMARTS) is 1. The Hall–Kier alpha value is -0.950. The van der Waals surface area contributed by atoms with Crippen LogP contribution in [0, 0.1) is 0 Å². The quantitative estimate of drug-likeness (QED) is 0.854. The summed E-state index contributed by atoms with van der Waals surface area (Å²) < 4.78 is 0. The second-order valence-corrected chi connectivity index (χ2v) is 7.94. The Morgan fingerprint density at radius 3 is 2.83 bits per heavy atom. The van der Waals surface area contributed by atoms with Gasteiger partial charge in [-0.3, -0.25) is 9.69 Å². The van der Waals surface area contributed by atoms with Gasteiger partial charge in [0.1, 0.15) is 6.04 Å². The van der Waals surface area contributed by atoms with E-state index in [1.54, 1.807) is 7.05 Å². The second-order valence-electron chi connectivity index (χ2n) is 6.72. The highest BCUT2D eigenvalue weighted by atomic mass is 32.1. The van der Waals surface area contributed by atoms with Crippen LogP contribution in [0.2, 0.25) is 0 Å². The van der Waals surface area contributed by atoms with Gasteiger partial charge in [-0.2, -0.15) is 0 Å². The minimum Gasteiger partial charge on any atom is -0.480 e. The van der Waals surface area contributed by atoms with E-state index in [2.05, 4.69) is 28.2 Å². The summed E-state index contributed by atoms with van der Waals surface area (Å²) in [5.74, 6) is -0.769. The van der Waals surface area contributed by atoms with E-state index >= 15 is 0 Å². The molecular formula is C17H27N3O2S. The van der Waals surface area contributed by atoms with Gasteiger partial charge in [-0.25, -0.2) is 0 Å². The number of nitrogens with zero attached hydrogens (tertiary/aromatic N) is 2. The van der Waals surface area contributed by atoms with Crippen LogP contribution in [0.5, 0.6) is 0 Å². The predicted octanol–water partition coefficient (Wildman–Crippen LogP) is 1.59. The molecule has 0 amide bonds. The largest absolute Gasteiger partial charge is 0.480 e. The Morgan fingerprint density at radius 1 is 1.43 bits per heavy atom. The van der Waals surface area contributed by atoms with E-state index in [9.17, 15) is 9.90 Å². The maximum atomic E-state index is 11.2. The lowest BCUT2D eigenvalue weighted by molar-refractivity contribution is -0.139. The van der Waals surface area contributed by atoms with E-state index in [1.807, 2.05) is 11.3 Å². The minimum absolute atomic E-state index is 0.489. The third-order valence-electron chi connectivity index (χ3n) is 5.16. The molecule has 0 spiro atoms. The zero-order valence-electron chi connectivity index (χ0n) is 14.0. The number of aryl methyl sites for hydroxylation is 1. The van der Waals surface area contributed by atoms with Crippen molar-refractivity contribution in [3.63, 3.8) is 0 Å².